The van der Waals surface area contributed by atoms with Crippen molar-refractivity contribution in [1.29, 1.82) is 0 Å². The molecule has 0 spiro atoms. The first-order chi connectivity index (χ1) is 10.0. The van der Waals surface area contributed by atoms with E-state index in [1.807, 2.05) is 0 Å². The van der Waals surface area contributed by atoms with Crippen LogP contribution < -0.4 is 0 Å². The lowest BCUT2D eigenvalue weighted by molar-refractivity contribution is 1.11. The molecule has 1 aromatic carbocycles. The summed E-state index contributed by atoms with van der Waals surface area (Å²) < 4.78 is 2.20. The quantitative estimate of drug-likeness (QED) is 0.511. The maximum absolute atomic E-state index is 4.83. The highest BCUT2D eigenvalue weighted by Crippen LogP contribution is 2.34. The third-order valence-electron chi connectivity index (χ3n) is 4.19. The van der Waals surface area contributed by atoms with Crippen molar-refractivity contribution < 1.29 is 0 Å². The van der Waals surface area contributed by atoms with Gasteiger partial charge in [-0.3, -0.25) is 4.40 Å². The van der Waals surface area contributed by atoms with E-state index in [4.69, 9.17) is 4.98 Å². The van der Waals surface area contributed by atoms with Gasteiger partial charge in [0.25, 0.3) is 0 Å². The minimum Gasteiger partial charge on any atom is -0.358 e. The van der Waals surface area contributed by atoms with Gasteiger partial charge in [-0.05, 0) is 39.3 Å². The lowest BCUT2D eigenvalue weighted by Crippen LogP contribution is -1.82. The zero-order valence-electron chi connectivity index (χ0n) is 13.0. The van der Waals surface area contributed by atoms with Crippen LogP contribution in [-0.4, -0.2) is 14.4 Å². The van der Waals surface area contributed by atoms with E-state index in [-0.39, 0.29) is 12.4 Å². The van der Waals surface area contributed by atoms with Gasteiger partial charge in [-0.15, -0.1) is 23.7 Å². The molecule has 0 aliphatic carbocycles. The van der Waals surface area contributed by atoms with E-state index in [2.05, 4.69) is 61.5 Å². The van der Waals surface area contributed by atoms with E-state index < -0.39 is 0 Å². The van der Waals surface area contributed by atoms with Gasteiger partial charge in [0.1, 0.15) is 0 Å². The second-order valence-corrected chi connectivity index (χ2v) is 6.88. The number of aromatic nitrogens is 3. The maximum Gasteiger partial charge on any atom is 0.194 e. The van der Waals surface area contributed by atoms with Crippen molar-refractivity contribution >= 4 is 39.6 Å². The van der Waals surface area contributed by atoms with Gasteiger partial charge in [0.15, 0.2) is 4.96 Å². The summed E-state index contributed by atoms with van der Waals surface area (Å²) in [6.07, 6.45) is 2.16. The van der Waals surface area contributed by atoms with Crippen LogP contribution in [0.3, 0.4) is 0 Å². The Labute approximate surface area is 139 Å². The van der Waals surface area contributed by atoms with Gasteiger partial charge in [0.2, 0.25) is 0 Å². The Morgan fingerprint density at radius 3 is 2.64 bits per heavy atom. The standard InChI is InChI=1S/C17H17N3S.ClH/c1-9-5-6-13-14(7-9)18-10(2)16(13)15-8-20-11(3)12(4)21-17(20)19-15;/h5-8,18H,1-4H3;1H. The number of H-pyrrole nitrogens is 1. The molecule has 0 bridgehead atoms. The second-order valence-electron chi connectivity index (χ2n) is 5.70. The summed E-state index contributed by atoms with van der Waals surface area (Å²) in [6.45, 7) is 8.54. The molecule has 4 rings (SSSR count). The molecule has 0 unspecified atom stereocenters. The number of fused-ring (bicyclic) bond motifs is 2. The van der Waals surface area contributed by atoms with Crippen molar-refractivity contribution in [3.63, 3.8) is 0 Å². The molecule has 0 aliphatic heterocycles. The van der Waals surface area contributed by atoms with Gasteiger partial charge < -0.3 is 4.98 Å². The molecule has 5 heteroatoms. The highest BCUT2D eigenvalue weighted by molar-refractivity contribution is 7.17. The number of hydrogen-bond donors (Lipinski definition) is 1. The number of nitrogens with one attached hydrogen (secondary N) is 1. The van der Waals surface area contributed by atoms with E-state index in [1.54, 1.807) is 11.3 Å². The van der Waals surface area contributed by atoms with Gasteiger partial charge >= 0.3 is 0 Å². The maximum atomic E-state index is 4.83. The van der Waals surface area contributed by atoms with Crippen molar-refractivity contribution in [3.05, 3.63) is 46.2 Å². The minimum atomic E-state index is 0. The fourth-order valence-electron chi connectivity index (χ4n) is 2.95. The third-order valence-corrected chi connectivity index (χ3v) is 5.26. The Kier molecular flexibility index (Phi) is 3.54. The highest BCUT2D eigenvalue weighted by Gasteiger charge is 2.16. The normalized spacial score (nSPS) is 11.3. The van der Waals surface area contributed by atoms with Gasteiger partial charge in [0, 0.05) is 38.9 Å². The number of benzene rings is 1. The summed E-state index contributed by atoms with van der Waals surface area (Å²) in [4.78, 5) is 10.7. The monoisotopic (exact) mass is 331 g/mol. The Morgan fingerprint density at radius 1 is 1.14 bits per heavy atom. The van der Waals surface area contributed by atoms with Crippen LogP contribution in [0.1, 0.15) is 21.8 Å². The number of aryl methyl sites for hydroxylation is 4. The molecule has 3 aromatic heterocycles. The SMILES string of the molecule is Cc1ccc2c(-c3cn4c(C)c(C)sc4n3)c(C)[nH]c2c1.Cl. The zero-order chi connectivity index (χ0) is 14.7. The molecular weight excluding hydrogens is 314 g/mol. The number of imidazole rings is 1. The van der Waals surface area contributed by atoms with E-state index >= 15 is 0 Å². The number of rotatable bonds is 1. The Balaban J connectivity index is 0.00000144. The number of hydrogen-bond acceptors (Lipinski definition) is 2. The van der Waals surface area contributed by atoms with Gasteiger partial charge in [-0.25, -0.2) is 4.98 Å². The van der Waals surface area contributed by atoms with E-state index in [1.165, 1.54) is 38.3 Å². The number of thiazole rings is 1. The summed E-state index contributed by atoms with van der Waals surface area (Å²) in [6, 6.07) is 6.54. The molecule has 22 heavy (non-hydrogen) atoms. The largest absolute Gasteiger partial charge is 0.358 e. The van der Waals surface area contributed by atoms with Gasteiger partial charge in [-0.2, -0.15) is 0 Å². The van der Waals surface area contributed by atoms with Crippen LogP contribution in [0.4, 0.5) is 0 Å². The van der Waals surface area contributed by atoms with Crippen LogP contribution in [0.2, 0.25) is 0 Å². The fourth-order valence-corrected chi connectivity index (χ4v) is 3.90. The number of nitrogens with zero attached hydrogens (tertiary/aromatic N) is 2. The number of halogens is 1. The Hall–Kier alpha value is -1.78. The Morgan fingerprint density at radius 2 is 1.91 bits per heavy atom. The summed E-state index contributed by atoms with van der Waals surface area (Å²) in [5.74, 6) is 0. The molecule has 0 fully saturated rings. The first-order valence-electron chi connectivity index (χ1n) is 7.09. The van der Waals surface area contributed by atoms with E-state index in [0.717, 1.165) is 10.7 Å². The average molecular weight is 332 g/mol. The minimum absolute atomic E-state index is 0. The van der Waals surface area contributed by atoms with Crippen LogP contribution in [0.5, 0.6) is 0 Å². The Bertz CT molecular complexity index is 991. The smallest absolute Gasteiger partial charge is 0.194 e. The molecule has 0 radical (unpaired) electrons. The molecule has 3 nitrogen and oxygen atoms in total. The van der Waals surface area contributed by atoms with Crippen LogP contribution in [0, 0.1) is 27.7 Å². The molecule has 0 aliphatic rings. The molecule has 0 amide bonds. The highest BCUT2D eigenvalue weighted by atomic mass is 35.5. The average Bonchev–Trinajstić information content (AvgIpc) is 3.03. The van der Waals surface area contributed by atoms with Crippen LogP contribution >= 0.6 is 23.7 Å². The predicted molar refractivity (Wildman–Crippen MR) is 96.6 cm³/mol. The summed E-state index contributed by atoms with van der Waals surface area (Å²) in [7, 11) is 0. The topological polar surface area (TPSA) is 33.1 Å². The number of aromatic amines is 1. The first kappa shape index (κ1) is 15.1. The summed E-state index contributed by atoms with van der Waals surface area (Å²) in [5.41, 5.74) is 7.19. The van der Waals surface area contributed by atoms with Crippen molar-refractivity contribution in [3.8, 4) is 11.3 Å². The van der Waals surface area contributed by atoms with E-state index in [9.17, 15) is 0 Å². The predicted octanol–water partition coefficient (Wildman–Crippen LogP) is 5.20. The second kappa shape index (κ2) is 5.14. The van der Waals surface area contributed by atoms with Crippen LogP contribution in [0.15, 0.2) is 24.4 Å². The van der Waals surface area contributed by atoms with Crippen molar-refractivity contribution in [2.75, 3.05) is 0 Å². The van der Waals surface area contributed by atoms with Crippen LogP contribution in [0.25, 0.3) is 27.1 Å². The van der Waals surface area contributed by atoms with Crippen molar-refractivity contribution in [2.45, 2.75) is 27.7 Å². The molecule has 114 valence electrons. The molecule has 4 aromatic rings. The lowest BCUT2D eigenvalue weighted by atomic mass is 10.1. The van der Waals surface area contributed by atoms with E-state index in [0.29, 0.717) is 0 Å². The molecular formula is C17H18ClN3S. The van der Waals surface area contributed by atoms with Crippen molar-refractivity contribution in [2.24, 2.45) is 0 Å². The third kappa shape index (κ3) is 2.06. The first-order valence-corrected chi connectivity index (χ1v) is 7.90. The fraction of sp³-hybridized carbons (Fsp3) is 0.235. The summed E-state index contributed by atoms with van der Waals surface area (Å²) >= 11 is 1.75. The van der Waals surface area contributed by atoms with Crippen LogP contribution in [-0.2, 0) is 0 Å². The van der Waals surface area contributed by atoms with Crippen molar-refractivity contribution in [1.82, 2.24) is 14.4 Å². The molecule has 0 saturated carbocycles. The molecule has 1 N–H and O–H groups in total. The summed E-state index contributed by atoms with van der Waals surface area (Å²) in [5, 5.41) is 1.25. The lowest BCUT2D eigenvalue weighted by Gasteiger charge is -1.97. The molecule has 0 saturated heterocycles. The molecule has 0 atom stereocenters. The zero-order valence-corrected chi connectivity index (χ0v) is 14.7. The van der Waals surface area contributed by atoms with Gasteiger partial charge in [0.05, 0.1) is 5.69 Å². The van der Waals surface area contributed by atoms with Gasteiger partial charge in [-0.1, -0.05) is 12.1 Å². The molecule has 3 heterocycles.